The third-order valence-electron chi connectivity index (χ3n) is 4.38. The van der Waals surface area contributed by atoms with Gasteiger partial charge in [0.05, 0.1) is 5.69 Å². The molecule has 0 saturated carbocycles. The molecule has 0 amide bonds. The largest absolute Gasteiger partial charge is 0.361 e. The number of halogens is 1. The Morgan fingerprint density at radius 3 is 2.65 bits per heavy atom. The van der Waals surface area contributed by atoms with E-state index in [9.17, 15) is 0 Å². The Labute approximate surface area is 161 Å². The molecule has 2 aromatic rings. The van der Waals surface area contributed by atoms with Gasteiger partial charge in [-0.05, 0) is 49.8 Å². The van der Waals surface area contributed by atoms with Crippen LogP contribution in [0.4, 0.5) is 0 Å². The van der Waals surface area contributed by atoms with E-state index in [1.807, 2.05) is 32.0 Å². The zero-order chi connectivity index (χ0) is 19.2. The average Bonchev–Trinajstić information content (AvgIpc) is 2.89. The Morgan fingerprint density at radius 1 is 1.27 bits per heavy atom. The zero-order valence-corrected chi connectivity index (χ0v) is 17.1. The minimum atomic E-state index is 0.0734. The van der Waals surface area contributed by atoms with Gasteiger partial charge >= 0.3 is 0 Å². The molecule has 0 aliphatic carbocycles. The van der Waals surface area contributed by atoms with Crippen molar-refractivity contribution >= 4 is 17.6 Å². The molecule has 2 N–H and O–H groups in total. The summed E-state index contributed by atoms with van der Waals surface area (Å²) in [7, 11) is 1.79. The van der Waals surface area contributed by atoms with Crippen LogP contribution in [-0.2, 0) is 12.8 Å². The lowest BCUT2D eigenvalue weighted by atomic mass is 9.86. The zero-order valence-electron chi connectivity index (χ0n) is 16.3. The molecule has 26 heavy (non-hydrogen) atoms. The standard InChI is InChI=1S/C20H29ClN4O/c1-14-18(15(2)26-25-14)9-10-23-19(22-5)24-13-20(3,4)12-16-7-6-8-17(21)11-16/h6-8,11H,9-10,12-13H2,1-5H3,(H2,22,23,24). The van der Waals surface area contributed by atoms with E-state index >= 15 is 0 Å². The molecule has 6 heteroatoms. The van der Waals surface area contributed by atoms with Crippen LogP contribution in [0.15, 0.2) is 33.8 Å². The van der Waals surface area contributed by atoms with E-state index in [4.69, 9.17) is 16.1 Å². The normalized spacial score (nSPS) is 12.3. The Hall–Kier alpha value is -2.01. The highest BCUT2D eigenvalue weighted by molar-refractivity contribution is 6.30. The lowest BCUT2D eigenvalue weighted by Crippen LogP contribution is -2.43. The van der Waals surface area contributed by atoms with Crippen LogP contribution in [0.25, 0.3) is 0 Å². The van der Waals surface area contributed by atoms with Crippen molar-refractivity contribution < 1.29 is 4.52 Å². The molecule has 0 radical (unpaired) electrons. The number of nitrogens with zero attached hydrogens (tertiary/aromatic N) is 2. The van der Waals surface area contributed by atoms with Crippen LogP contribution in [0.5, 0.6) is 0 Å². The second-order valence-corrected chi connectivity index (χ2v) is 7.81. The van der Waals surface area contributed by atoms with Crippen molar-refractivity contribution in [3.05, 3.63) is 51.9 Å². The fourth-order valence-corrected chi connectivity index (χ4v) is 3.18. The minimum absolute atomic E-state index is 0.0734. The first-order chi connectivity index (χ1) is 12.3. The number of hydrogen-bond donors (Lipinski definition) is 2. The fraction of sp³-hybridized carbons (Fsp3) is 0.500. The highest BCUT2D eigenvalue weighted by Crippen LogP contribution is 2.22. The second-order valence-electron chi connectivity index (χ2n) is 7.38. The second kappa shape index (κ2) is 9.08. The van der Waals surface area contributed by atoms with Crippen LogP contribution in [0.1, 0.15) is 36.4 Å². The quantitative estimate of drug-likeness (QED) is 0.568. The molecule has 0 saturated heterocycles. The molecule has 0 fully saturated rings. The molecule has 2 rings (SSSR count). The van der Waals surface area contributed by atoms with Gasteiger partial charge in [-0.2, -0.15) is 0 Å². The van der Waals surface area contributed by atoms with E-state index < -0.39 is 0 Å². The Balaban J connectivity index is 1.82. The maximum absolute atomic E-state index is 6.09. The maximum atomic E-state index is 6.09. The van der Waals surface area contributed by atoms with Crippen molar-refractivity contribution in [2.24, 2.45) is 10.4 Å². The molecular weight excluding hydrogens is 348 g/mol. The van der Waals surface area contributed by atoms with Crippen molar-refractivity contribution in [1.82, 2.24) is 15.8 Å². The predicted molar refractivity (Wildman–Crippen MR) is 108 cm³/mol. The van der Waals surface area contributed by atoms with E-state index in [1.165, 1.54) is 5.56 Å². The molecule has 0 atom stereocenters. The van der Waals surface area contributed by atoms with Gasteiger partial charge < -0.3 is 15.2 Å². The summed E-state index contributed by atoms with van der Waals surface area (Å²) in [6.07, 6.45) is 1.80. The van der Waals surface area contributed by atoms with Crippen LogP contribution in [0.3, 0.4) is 0 Å². The monoisotopic (exact) mass is 376 g/mol. The van der Waals surface area contributed by atoms with E-state index in [2.05, 4.69) is 40.7 Å². The third kappa shape index (κ3) is 6.06. The number of aliphatic imine (C=N–C) groups is 1. The summed E-state index contributed by atoms with van der Waals surface area (Å²) in [5.41, 5.74) is 3.43. The summed E-state index contributed by atoms with van der Waals surface area (Å²) >= 11 is 6.09. The summed E-state index contributed by atoms with van der Waals surface area (Å²) in [5.74, 6) is 1.69. The van der Waals surface area contributed by atoms with Crippen LogP contribution >= 0.6 is 11.6 Å². The summed E-state index contributed by atoms with van der Waals surface area (Å²) in [6.45, 7) is 9.97. The van der Waals surface area contributed by atoms with Gasteiger partial charge in [-0.25, -0.2) is 0 Å². The molecule has 0 spiro atoms. The van der Waals surface area contributed by atoms with E-state index in [-0.39, 0.29) is 5.41 Å². The topological polar surface area (TPSA) is 62.5 Å². The highest BCUT2D eigenvalue weighted by Gasteiger charge is 2.19. The first-order valence-electron chi connectivity index (χ1n) is 8.91. The lowest BCUT2D eigenvalue weighted by Gasteiger charge is -2.26. The number of rotatable bonds is 7. The summed E-state index contributed by atoms with van der Waals surface area (Å²) in [5, 5.41) is 11.5. The fourth-order valence-electron chi connectivity index (χ4n) is 2.97. The minimum Gasteiger partial charge on any atom is -0.361 e. The Kier molecular flexibility index (Phi) is 7.09. The lowest BCUT2D eigenvalue weighted by molar-refractivity contribution is 0.359. The van der Waals surface area contributed by atoms with E-state index in [1.54, 1.807) is 7.05 Å². The molecule has 1 aromatic carbocycles. The van der Waals surface area contributed by atoms with Gasteiger partial charge in [0, 0.05) is 30.7 Å². The maximum Gasteiger partial charge on any atom is 0.191 e. The molecule has 1 aromatic heterocycles. The summed E-state index contributed by atoms with van der Waals surface area (Å²) < 4.78 is 5.20. The molecule has 0 bridgehead atoms. The third-order valence-corrected chi connectivity index (χ3v) is 4.61. The molecular formula is C20H29ClN4O. The van der Waals surface area contributed by atoms with Gasteiger partial charge in [0.15, 0.2) is 5.96 Å². The van der Waals surface area contributed by atoms with Gasteiger partial charge in [-0.15, -0.1) is 0 Å². The average molecular weight is 377 g/mol. The first kappa shape index (κ1) is 20.3. The first-order valence-corrected chi connectivity index (χ1v) is 9.29. The van der Waals surface area contributed by atoms with Crippen molar-refractivity contribution in [3.63, 3.8) is 0 Å². The number of guanidine groups is 1. The van der Waals surface area contributed by atoms with Gasteiger partial charge in [-0.1, -0.05) is 42.7 Å². The molecule has 1 heterocycles. The van der Waals surface area contributed by atoms with E-state index in [0.29, 0.717) is 0 Å². The van der Waals surface area contributed by atoms with Crippen molar-refractivity contribution in [1.29, 1.82) is 0 Å². The summed E-state index contributed by atoms with van der Waals surface area (Å²) in [6, 6.07) is 8.04. The van der Waals surface area contributed by atoms with Crippen LogP contribution in [-0.4, -0.2) is 31.3 Å². The van der Waals surface area contributed by atoms with Crippen molar-refractivity contribution in [2.75, 3.05) is 20.1 Å². The molecule has 142 valence electrons. The Morgan fingerprint density at radius 2 is 2.04 bits per heavy atom. The van der Waals surface area contributed by atoms with Gasteiger partial charge in [-0.3, -0.25) is 4.99 Å². The molecule has 0 unspecified atom stereocenters. The predicted octanol–water partition coefficient (Wildman–Crippen LogP) is 3.92. The van der Waals surface area contributed by atoms with Crippen LogP contribution < -0.4 is 10.6 Å². The molecule has 0 aliphatic rings. The number of nitrogens with one attached hydrogen (secondary N) is 2. The molecule has 0 aliphatic heterocycles. The highest BCUT2D eigenvalue weighted by atomic mass is 35.5. The summed E-state index contributed by atoms with van der Waals surface area (Å²) in [4.78, 5) is 4.31. The van der Waals surface area contributed by atoms with Crippen LogP contribution in [0.2, 0.25) is 5.02 Å². The Bertz CT molecular complexity index is 733. The van der Waals surface area contributed by atoms with Gasteiger partial charge in [0.2, 0.25) is 0 Å². The number of benzene rings is 1. The number of aryl methyl sites for hydroxylation is 2. The smallest absolute Gasteiger partial charge is 0.191 e. The van der Waals surface area contributed by atoms with Gasteiger partial charge in [0.1, 0.15) is 5.76 Å². The van der Waals surface area contributed by atoms with Crippen molar-refractivity contribution in [2.45, 2.75) is 40.5 Å². The molecule has 5 nitrogen and oxygen atoms in total. The van der Waals surface area contributed by atoms with Crippen molar-refractivity contribution in [3.8, 4) is 0 Å². The van der Waals surface area contributed by atoms with E-state index in [0.717, 1.165) is 53.9 Å². The number of hydrogen-bond acceptors (Lipinski definition) is 3. The van der Waals surface area contributed by atoms with Crippen LogP contribution in [0, 0.1) is 19.3 Å². The number of aromatic nitrogens is 1. The SMILES string of the molecule is CN=C(NCCc1c(C)noc1C)NCC(C)(C)Cc1cccc(Cl)c1. The van der Waals surface area contributed by atoms with Gasteiger partial charge in [0.25, 0.3) is 0 Å².